The van der Waals surface area contributed by atoms with Crippen LogP contribution >= 0.6 is 0 Å². The predicted octanol–water partition coefficient (Wildman–Crippen LogP) is -0.812. The molecule has 0 heterocycles. The van der Waals surface area contributed by atoms with Gasteiger partial charge in [0.25, 0.3) is 5.79 Å². The Morgan fingerprint density at radius 1 is 0.957 bits per heavy atom. The van der Waals surface area contributed by atoms with Crippen LogP contribution in [-0.4, -0.2) is 69.3 Å². The van der Waals surface area contributed by atoms with Gasteiger partial charge < -0.3 is 35.6 Å². The van der Waals surface area contributed by atoms with Crippen molar-refractivity contribution in [2.45, 2.75) is 38.5 Å². The first kappa shape index (κ1) is 23.0. The average Bonchev–Trinajstić information content (AvgIpc) is 2.38. The molecule has 0 aromatic heterocycles. The highest BCUT2D eigenvalue weighted by molar-refractivity contribution is 5.82. The first-order chi connectivity index (χ1) is 10.5. The molecule has 134 valence electrons. The van der Waals surface area contributed by atoms with Gasteiger partial charge in [-0.3, -0.25) is 14.4 Å². The molecule has 0 aliphatic heterocycles. The Balaban J connectivity index is 0. The number of aliphatic carboxylic acids is 4. The summed E-state index contributed by atoms with van der Waals surface area (Å²) < 4.78 is 9.68. The van der Waals surface area contributed by atoms with Crippen LogP contribution in [0.5, 0.6) is 0 Å². The SMILES string of the molecule is CCOC(CC(=O)O)(OCC)C(=O)O.N[C@@H](CC(=O)O)C(=O)O. The molecule has 1 atom stereocenters. The molecule has 23 heavy (non-hydrogen) atoms. The van der Waals surface area contributed by atoms with E-state index in [1.807, 2.05) is 0 Å². The van der Waals surface area contributed by atoms with Crippen LogP contribution in [0.1, 0.15) is 26.7 Å². The molecule has 0 bridgehead atoms. The van der Waals surface area contributed by atoms with Crippen LogP contribution in [0.2, 0.25) is 0 Å². The maximum absolute atomic E-state index is 10.8. The van der Waals surface area contributed by atoms with Gasteiger partial charge in [0.2, 0.25) is 0 Å². The smallest absolute Gasteiger partial charge is 0.365 e. The quantitative estimate of drug-likeness (QED) is 0.312. The van der Waals surface area contributed by atoms with Crippen LogP contribution < -0.4 is 5.73 Å². The van der Waals surface area contributed by atoms with Crippen LogP contribution in [-0.2, 0) is 28.7 Å². The van der Waals surface area contributed by atoms with E-state index < -0.39 is 48.5 Å². The van der Waals surface area contributed by atoms with Crippen molar-refractivity contribution < 1.29 is 49.1 Å². The van der Waals surface area contributed by atoms with Gasteiger partial charge in [0.1, 0.15) is 12.5 Å². The van der Waals surface area contributed by atoms with Crippen molar-refractivity contribution in [1.82, 2.24) is 0 Å². The molecule has 11 heteroatoms. The molecular formula is C12H21NO10. The summed E-state index contributed by atoms with van der Waals surface area (Å²) in [5, 5.41) is 33.4. The van der Waals surface area contributed by atoms with Gasteiger partial charge in [-0.25, -0.2) is 4.79 Å². The molecule has 0 aromatic rings. The monoisotopic (exact) mass is 339 g/mol. The van der Waals surface area contributed by atoms with E-state index in [0.717, 1.165) is 0 Å². The predicted molar refractivity (Wildman–Crippen MR) is 73.7 cm³/mol. The van der Waals surface area contributed by atoms with Crippen molar-refractivity contribution in [3.05, 3.63) is 0 Å². The molecule has 0 amide bonds. The van der Waals surface area contributed by atoms with Gasteiger partial charge in [0.15, 0.2) is 0 Å². The number of hydrogen-bond donors (Lipinski definition) is 5. The van der Waals surface area contributed by atoms with E-state index in [4.69, 9.17) is 35.6 Å². The first-order valence-electron chi connectivity index (χ1n) is 6.45. The molecule has 0 saturated heterocycles. The lowest BCUT2D eigenvalue weighted by molar-refractivity contribution is -0.245. The van der Waals surface area contributed by atoms with E-state index >= 15 is 0 Å². The number of ether oxygens (including phenoxy) is 2. The maximum Gasteiger partial charge on any atom is 0.365 e. The third-order valence-corrected chi connectivity index (χ3v) is 2.18. The van der Waals surface area contributed by atoms with Gasteiger partial charge in [0, 0.05) is 13.2 Å². The molecule has 0 saturated carbocycles. The van der Waals surface area contributed by atoms with Crippen molar-refractivity contribution in [2.24, 2.45) is 5.73 Å². The second kappa shape index (κ2) is 11.3. The van der Waals surface area contributed by atoms with Gasteiger partial charge in [-0.2, -0.15) is 0 Å². The second-order valence-corrected chi connectivity index (χ2v) is 4.04. The highest BCUT2D eigenvalue weighted by atomic mass is 16.7. The van der Waals surface area contributed by atoms with Crippen molar-refractivity contribution in [2.75, 3.05) is 13.2 Å². The molecule has 6 N–H and O–H groups in total. The van der Waals surface area contributed by atoms with Gasteiger partial charge in [-0.1, -0.05) is 0 Å². The van der Waals surface area contributed by atoms with Crippen LogP contribution in [0.4, 0.5) is 0 Å². The number of carboxylic acid groups (broad SMARTS) is 4. The first-order valence-corrected chi connectivity index (χ1v) is 6.45. The molecular weight excluding hydrogens is 318 g/mol. The minimum atomic E-state index is -2.06. The zero-order chi connectivity index (χ0) is 18.6. The Labute approximate surface area is 131 Å². The Bertz CT molecular complexity index is 416. The Kier molecular flexibility index (Phi) is 11.4. The lowest BCUT2D eigenvalue weighted by atomic mass is 10.2. The average molecular weight is 339 g/mol. The van der Waals surface area contributed by atoms with Crippen LogP contribution in [0.3, 0.4) is 0 Å². The Hall–Kier alpha value is -2.24. The highest BCUT2D eigenvalue weighted by Gasteiger charge is 2.43. The molecule has 0 rings (SSSR count). The van der Waals surface area contributed by atoms with Crippen molar-refractivity contribution in [3.63, 3.8) is 0 Å². The van der Waals surface area contributed by atoms with E-state index in [1.54, 1.807) is 13.8 Å². The summed E-state index contributed by atoms with van der Waals surface area (Å²) in [5.41, 5.74) is 4.84. The summed E-state index contributed by atoms with van der Waals surface area (Å²) in [5.74, 6) is -7.27. The molecule has 0 spiro atoms. The Morgan fingerprint density at radius 3 is 1.57 bits per heavy atom. The number of nitrogens with two attached hydrogens (primary N) is 1. The van der Waals surface area contributed by atoms with Crippen molar-refractivity contribution >= 4 is 23.9 Å². The summed E-state index contributed by atoms with van der Waals surface area (Å²) in [6.45, 7) is 3.27. The summed E-state index contributed by atoms with van der Waals surface area (Å²) in [4.78, 5) is 40.9. The normalized spacial score (nSPS) is 11.8. The number of hydrogen-bond acceptors (Lipinski definition) is 7. The molecule has 0 aliphatic carbocycles. The summed E-state index contributed by atoms with van der Waals surface area (Å²) in [7, 11) is 0. The third kappa shape index (κ3) is 10.2. The number of rotatable bonds is 10. The van der Waals surface area contributed by atoms with E-state index in [0.29, 0.717) is 0 Å². The standard InChI is InChI=1S/C8H14O6.C4H7NO4/c1-3-13-8(7(11)12,14-4-2)5-6(9)10;5-2(4(8)9)1-3(6)7/h3-5H2,1-2H3,(H,9,10)(H,11,12);2H,1,5H2,(H,6,7)(H,8,9)/t;2-/m.0/s1. The maximum atomic E-state index is 10.8. The fourth-order valence-electron chi connectivity index (χ4n) is 1.28. The lowest BCUT2D eigenvalue weighted by Crippen LogP contribution is -2.46. The van der Waals surface area contributed by atoms with Crippen LogP contribution in [0.15, 0.2) is 0 Å². The highest BCUT2D eigenvalue weighted by Crippen LogP contribution is 2.18. The molecule has 0 fully saturated rings. The second-order valence-electron chi connectivity index (χ2n) is 4.04. The van der Waals surface area contributed by atoms with Crippen molar-refractivity contribution in [3.8, 4) is 0 Å². The zero-order valence-corrected chi connectivity index (χ0v) is 12.7. The van der Waals surface area contributed by atoms with E-state index in [1.165, 1.54) is 0 Å². The van der Waals surface area contributed by atoms with Gasteiger partial charge in [-0.15, -0.1) is 0 Å². The van der Waals surface area contributed by atoms with E-state index in [-0.39, 0.29) is 13.2 Å². The summed E-state index contributed by atoms with van der Waals surface area (Å²) >= 11 is 0. The minimum absolute atomic E-state index is 0.0690. The van der Waals surface area contributed by atoms with Gasteiger partial charge >= 0.3 is 23.9 Å². The Morgan fingerprint density at radius 2 is 1.39 bits per heavy atom. The fourth-order valence-corrected chi connectivity index (χ4v) is 1.28. The molecule has 0 unspecified atom stereocenters. The zero-order valence-electron chi connectivity index (χ0n) is 12.7. The van der Waals surface area contributed by atoms with Gasteiger partial charge in [0.05, 0.1) is 6.42 Å². The number of carbonyl (C=O) groups is 4. The molecule has 0 radical (unpaired) electrons. The van der Waals surface area contributed by atoms with Crippen molar-refractivity contribution in [1.29, 1.82) is 0 Å². The lowest BCUT2D eigenvalue weighted by Gasteiger charge is -2.26. The molecule has 0 aromatic carbocycles. The fraction of sp³-hybridized carbons (Fsp3) is 0.667. The molecule has 0 aliphatic rings. The minimum Gasteiger partial charge on any atom is -0.481 e. The van der Waals surface area contributed by atoms with E-state index in [9.17, 15) is 19.2 Å². The summed E-state index contributed by atoms with van der Waals surface area (Å²) in [6.07, 6.45) is -1.25. The van der Waals surface area contributed by atoms with Gasteiger partial charge in [-0.05, 0) is 13.8 Å². The summed E-state index contributed by atoms with van der Waals surface area (Å²) in [6, 6.07) is -1.29. The van der Waals surface area contributed by atoms with Crippen LogP contribution in [0, 0.1) is 0 Å². The largest absolute Gasteiger partial charge is 0.481 e. The third-order valence-electron chi connectivity index (χ3n) is 2.18. The number of carboxylic acids is 4. The molecule has 11 nitrogen and oxygen atoms in total. The van der Waals surface area contributed by atoms with E-state index in [2.05, 4.69) is 0 Å². The topological polar surface area (TPSA) is 194 Å². The van der Waals surface area contributed by atoms with Crippen LogP contribution in [0.25, 0.3) is 0 Å².